The van der Waals surface area contributed by atoms with Gasteiger partial charge >= 0.3 is 6.09 Å². The average Bonchev–Trinajstić information content (AvgIpc) is 2.98. The second kappa shape index (κ2) is 10.7. The monoisotopic (exact) mass is 500 g/mol. The molecule has 192 valence electrons. The Labute approximate surface area is 217 Å². The van der Waals surface area contributed by atoms with Gasteiger partial charge < -0.3 is 19.9 Å². The number of hydrogen-bond donors (Lipinski definition) is 1. The molecule has 37 heavy (non-hydrogen) atoms. The highest BCUT2D eigenvalue weighted by Crippen LogP contribution is 2.36. The first-order valence-corrected chi connectivity index (χ1v) is 12.2. The molecule has 1 atom stereocenters. The molecule has 1 N–H and O–H groups in total. The van der Waals surface area contributed by atoms with Crippen LogP contribution in [0.1, 0.15) is 20.8 Å². The lowest BCUT2D eigenvalue weighted by molar-refractivity contribution is -0.126. The van der Waals surface area contributed by atoms with E-state index in [0.717, 1.165) is 17.1 Å². The molecule has 0 bridgehead atoms. The third-order valence-corrected chi connectivity index (χ3v) is 5.91. The van der Waals surface area contributed by atoms with Gasteiger partial charge in [0.25, 0.3) is 5.91 Å². The summed E-state index contributed by atoms with van der Waals surface area (Å²) >= 11 is 0. The van der Waals surface area contributed by atoms with E-state index in [2.05, 4.69) is 5.32 Å². The second-order valence-electron chi connectivity index (χ2n) is 9.85. The predicted octanol–water partition coefficient (Wildman–Crippen LogP) is 4.73. The van der Waals surface area contributed by atoms with Crippen LogP contribution in [0.15, 0.2) is 84.9 Å². The van der Waals surface area contributed by atoms with Crippen LogP contribution in [0.4, 0.5) is 27.5 Å². The zero-order valence-electron chi connectivity index (χ0n) is 21.5. The van der Waals surface area contributed by atoms with Crippen molar-refractivity contribution in [3.8, 4) is 0 Å². The summed E-state index contributed by atoms with van der Waals surface area (Å²) in [5, 5.41) is 2.87. The summed E-state index contributed by atoms with van der Waals surface area (Å²) in [5.41, 5.74) is 2.29. The number of rotatable bonds is 5. The van der Waals surface area contributed by atoms with Gasteiger partial charge in [-0.25, -0.2) is 4.79 Å². The van der Waals surface area contributed by atoms with Gasteiger partial charge in [0.05, 0.1) is 17.9 Å². The molecule has 1 aliphatic rings. The minimum atomic E-state index is -0.846. The molecule has 0 fully saturated rings. The molecule has 0 saturated heterocycles. The van der Waals surface area contributed by atoms with E-state index in [1.54, 1.807) is 57.0 Å². The van der Waals surface area contributed by atoms with E-state index in [4.69, 9.17) is 4.74 Å². The predicted molar refractivity (Wildman–Crippen MR) is 145 cm³/mol. The van der Waals surface area contributed by atoms with Gasteiger partial charge in [0.15, 0.2) is 0 Å². The first-order chi connectivity index (χ1) is 17.6. The third kappa shape index (κ3) is 6.09. The number of likely N-dealkylation sites (N-methyl/N-ethyl adjacent to an activating group) is 1. The van der Waals surface area contributed by atoms with Crippen molar-refractivity contribution in [2.24, 2.45) is 0 Å². The molecule has 0 aromatic heterocycles. The Morgan fingerprint density at radius 2 is 1.49 bits per heavy atom. The Morgan fingerprint density at radius 1 is 0.919 bits per heavy atom. The fourth-order valence-electron chi connectivity index (χ4n) is 4.22. The Hall–Kier alpha value is -4.33. The van der Waals surface area contributed by atoms with Gasteiger partial charge in [-0.05, 0) is 57.2 Å². The number of ether oxygens (including phenoxy) is 1. The van der Waals surface area contributed by atoms with E-state index in [9.17, 15) is 14.4 Å². The fourth-order valence-corrected chi connectivity index (χ4v) is 4.22. The van der Waals surface area contributed by atoms with Gasteiger partial charge in [-0.15, -0.1) is 0 Å². The van der Waals surface area contributed by atoms with Crippen LogP contribution in [-0.4, -0.2) is 49.7 Å². The molecule has 0 unspecified atom stereocenters. The van der Waals surface area contributed by atoms with Crippen LogP contribution < -0.4 is 20.0 Å². The van der Waals surface area contributed by atoms with E-state index in [1.165, 1.54) is 4.90 Å². The number of carbonyl (C=O) groups excluding carboxylic acids is 3. The molecule has 0 saturated carbocycles. The summed E-state index contributed by atoms with van der Waals surface area (Å²) in [5.74, 6) is -0.719. The molecule has 0 spiro atoms. The molecule has 0 radical (unpaired) electrons. The summed E-state index contributed by atoms with van der Waals surface area (Å²) in [7, 11) is 1.70. The average molecular weight is 501 g/mol. The van der Waals surface area contributed by atoms with Crippen molar-refractivity contribution in [1.82, 2.24) is 5.32 Å². The summed E-state index contributed by atoms with van der Waals surface area (Å²) in [6.07, 6.45) is -0.642. The molecule has 3 aromatic rings. The van der Waals surface area contributed by atoms with Gasteiger partial charge in [-0.2, -0.15) is 0 Å². The lowest BCUT2D eigenvalue weighted by atomic mass is 10.2. The standard InChI is InChI=1S/C29H32N4O4/c1-29(2,3)37-28(36)33(22-15-9-6-10-16-22)20-26(34)30-23-19-32(21-13-7-5-8-14-21)25-18-12-11-17-24(25)31(4)27(23)35/h5-18,23H,19-20H2,1-4H3,(H,30,34)/t23-/m0/s1. The number of nitrogens with one attached hydrogen (secondary N) is 1. The zero-order valence-corrected chi connectivity index (χ0v) is 21.5. The summed E-state index contributed by atoms with van der Waals surface area (Å²) in [4.78, 5) is 44.6. The first-order valence-electron chi connectivity index (χ1n) is 12.2. The van der Waals surface area contributed by atoms with Gasteiger partial charge in [0.2, 0.25) is 5.91 Å². The van der Waals surface area contributed by atoms with Crippen LogP contribution in [0.3, 0.4) is 0 Å². The van der Waals surface area contributed by atoms with E-state index in [1.807, 2.05) is 65.6 Å². The molecule has 3 amide bonds. The van der Waals surface area contributed by atoms with E-state index in [0.29, 0.717) is 5.69 Å². The van der Waals surface area contributed by atoms with Crippen molar-refractivity contribution in [3.05, 3.63) is 84.9 Å². The summed E-state index contributed by atoms with van der Waals surface area (Å²) < 4.78 is 5.54. The number of hydrogen-bond acceptors (Lipinski definition) is 5. The molecule has 3 aromatic carbocycles. The summed E-state index contributed by atoms with van der Waals surface area (Å²) in [6.45, 7) is 5.23. The number of anilines is 4. The topological polar surface area (TPSA) is 82.2 Å². The van der Waals surface area contributed by atoms with Crippen molar-refractivity contribution in [1.29, 1.82) is 0 Å². The van der Waals surface area contributed by atoms with Crippen LogP contribution in [0.25, 0.3) is 0 Å². The van der Waals surface area contributed by atoms with Crippen molar-refractivity contribution in [3.63, 3.8) is 0 Å². The minimum absolute atomic E-state index is 0.230. The Balaban J connectivity index is 1.60. The Kier molecular flexibility index (Phi) is 7.47. The highest BCUT2D eigenvalue weighted by atomic mass is 16.6. The van der Waals surface area contributed by atoms with Gasteiger partial charge in [0, 0.05) is 18.4 Å². The van der Waals surface area contributed by atoms with E-state index in [-0.39, 0.29) is 19.0 Å². The molecule has 8 nitrogen and oxygen atoms in total. The van der Waals surface area contributed by atoms with Crippen LogP contribution in [0, 0.1) is 0 Å². The number of nitrogens with zero attached hydrogens (tertiary/aromatic N) is 3. The van der Waals surface area contributed by atoms with Crippen LogP contribution >= 0.6 is 0 Å². The largest absolute Gasteiger partial charge is 0.443 e. The van der Waals surface area contributed by atoms with Gasteiger partial charge in [-0.3, -0.25) is 14.5 Å². The van der Waals surface area contributed by atoms with E-state index >= 15 is 0 Å². The van der Waals surface area contributed by atoms with Crippen LogP contribution in [0.5, 0.6) is 0 Å². The molecular weight excluding hydrogens is 468 g/mol. The zero-order chi connectivity index (χ0) is 26.6. The van der Waals surface area contributed by atoms with Crippen molar-refractivity contribution >= 4 is 40.7 Å². The van der Waals surface area contributed by atoms with E-state index < -0.39 is 23.6 Å². The molecular formula is C29H32N4O4. The fraction of sp³-hybridized carbons (Fsp3) is 0.276. The summed E-state index contributed by atoms with van der Waals surface area (Å²) in [6, 6.07) is 25.4. The van der Waals surface area contributed by atoms with Crippen LogP contribution in [0.2, 0.25) is 0 Å². The van der Waals surface area contributed by atoms with Gasteiger partial charge in [-0.1, -0.05) is 48.5 Å². The molecule has 1 aliphatic heterocycles. The lowest BCUT2D eigenvalue weighted by Gasteiger charge is -2.29. The maximum absolute atomic E-state index is 13.5. The maximum Gasteiger partial charge on any atom is 0.415 e. The Morgan fingerprint density at radius 3 is 2.11 bits per heavy atom. The molecule has 1 heterocycles. The highest BCUT2D eigenvalue weighted by Gasteiger charge is 2.34. The van der Waals surface area contributed by atoms with Crippen molar-refractivity contribution in [2.45, 2.75) is 32.4 Å². The lowest BCUT2D eigenvalue weighted by Crippen LogP contribution is -2.53. The normalized spacial score (nSPS) is 15.5. The third-order valence-electron chi connectivity index (χ3n) is 5.91. The van der Waals surface area contributed by atoms with Crippen molar-refractivity contribution in [2.75, 3.05) is 34.8 Å². The first kappa shape index (κ1) is 25.8. The quantitative estimate of drug-likeness (QED) is 0.548. The number of amides is 3. The van der Waals surface area contributed by atoms with Crippen LogP contribution in [-0.2, 0) is 14.3 Å². The number of carbonyl (C=O) groups is 3. The van der Waals surface area contributed by atoms with Crippen molar-refractivity contribution < 1.29 is 19.1 Å². The minimum Gasteiger partial charge on any atom is -0.443 e. The number of fused-ring (bicyclic) bond motifs is 1. The Bertz CT molecular complexity index is 1260. The second-order valence-corrected chi connectivity index (χ2v) is 9.85. The maximum atomic E-state index is 13.5. The molecule has 0 aliphatic carbocycles. The SMILES string of the molecule is CN1C(=O)[C@@H](NC(=O)CN(C(=O)OC(C)(C)C)c2ccccc2)CN(c2ccccc2)c2ccccc21. The molecule has 8 heteroatoms. The highest BCUT2D eigenvalue weighted by molar-refractivity contribution is 6.04. The molecule has 4 rings (SSSR count). The smallest absolute Gasteiger partial charge is 0.415 e. The number of para-hydroxylation sites is 4. The van der Waals surface area contributed by atoms with Gasteiger partial charge in [0.1, 0.15) is 18.2 Å². The number of benzene rings is 3.